The van der Waals surface area contributed by atoms with Gasteiger partial charge in [0, 0.05) is 49.6 Å². The lowest BCUT2D eigenvalue weighted by molar-refractivity contribution is -0.385. The largest absolute Gasteiger partial charge is 0.371 e. The summed E-state index contributed by atoms with van der Waals surface area (Å²) in [5.74, 6) is 0. The molecule has 0 radical (unpaired) electrons. The maximum atomic E-state index is 11.5. The summed E-state index contributed by atoms with van der Waals surface area (Å²) < 4.78 is 6.24. The van der Waals surface area contributed by atoms with Crippen molar-refractivity contribution < 1.29 is 9.66 Å². The van der Waals surface area contributed by atoms with E-state index in [1.54, 1.807) is 12.1 Å². The van der Waals surface area contributed by atoms with Gasteiger partial charge in [0.1, 0.15) is 6.23 Å². The van der Waals surface area contributed by atoms with Gasteiger partial charge in [-0.3, -0.25) is 15.0 Å². The third-order valence-electron chi connectivity index (χ3n) is 6.42. The van der Waals surface area contributed by atoms with Gasteiger partial charge in [-0.15, -0.1) is 0 Å². The molecule has 2 aromatic carbocycles. The zero-order valence-corrected chi connectivity index (χ0v) is 17.7. The summed E-state index contributed by atoms with van der Waals surface area (Å²) in [6, 6.07) is 16.1. The van der Waals surface area contributed by atoms with Crippen molar-refractivity contribution in [3.05, 3.63) is 69.8 Å². The first kappa shape index (κ1) is 20.8. The summed E-state index contributed by atoms with van der Waals surface area (Å²) in [5.41, 5.74) is 3.31. The highest BCUT2D eigenvalue weighted by Gasteiger charge is 2.31. The van der Waals surface area contributed by atoms with Gasteiger partial charge in [0.15, 0.2) is 0 Å². The molecule has 1 aliphatic carbocycles. The zero-order valence-electron chi connectivity index (χ0n) is 17.7. The molecule has 0 amide bonds. The SMILES string of the molecule is CN(c1ccc([N+](=O)[O-])cc1[C@H]1OCCCN1Cc1ccccc1)C1CCCCC1. The minimum Gasteiger partial charge on any atom is -0.371 e. The second kappa shape index (κ2) is 9.58. The van der Waals surface area contributed by atoms with E-state index in [1.807, 2.05) is 24.3 Å². The summed E-state index contributed by atoms with van der Waals surface area (Å²) >= 11 is 0. The molecular formula is C24H31N3O3. The number of ether oxygens (including phenoxy) is 1. The van der Waals surface area contributed by atoms with Crippen molar-refractivity contribution in [1.82, 2.24) is 4.90 Å². The Balaban J connectivity index is 1.68. The summed E-state index contributed by atoms with van der Waals surface area (Å²) in [6.07, 6.45) is 6.83. The van der Waals surface area contributed by atoms with Gasteiger partial charge in [-0.2, -0.15) is 0 Å². The minimum atomic E-state index is -0.307. The first-order valence-corrected chi connectivity index (χ1v) is 11.0. The van der Waals surface area contributed by atoms with Gasteiger partial charge >= 0.3 is 0 Å². The average molecular weight is 410 g/mol. The molecule has 160 valence electrons. The first-order chi connectivity index (χ1) is 14.6. The monoisotopic (exact) mass is 409 g/mol. The number of nitro benzene ring substituents is 1. The predicted molar refractivity (Wildman–Crippen MR) is 119 cm³/mol. The molecule has 30 heavy (non-hydrogen) atoms. The van der Waals surface area contributed by atoms with E-state index in [1.165, 1.54) is 37.7 Å². The van der Waals surface area contributed by atoms with Crippen molar-refractivity contribution in [2.75, 3.05) is 25.1 Å². The second-order valence-corrected chi connectivity index (χ2v) is 8.44. The number of anilines is 1. The number of nitro groups is 1. The highest BCUT2D eigenvalue weighted by molar-refractivity contribution is 5.59. The van der Waals surface area contributed by atoms with Gasteiger partial charge in [0.05, 0.1) is 11.5 Å². The number of hydrogen-bond donors (Lipinski definition) is 0. The van der Waals surface area contributed by atoms with Crippen molar-refractivity contribution in [1.29, 1.82) is 0 Å². The summed E-state index contributed by atoms with van der Waals surface area (Å²) in [5, 5.41) is 11.5. The standard InChI is InChI=1S/C24H31N3O3/c1-25(20-11-6-3-7-12-20)23-14-13-21(27(28)29)17-22(23)24-26(15-8-16-30-24)18-19-9-4-2-5-10-19/h2,4-5,9-10,13-14,17,20,24H,3,6-8,11-12,15-16,18H2,1H3/t24-/m1/s1. The molecular weight excluding hydrogens is 378 g/mol. The van der Waals surface area contributed by atoms with Gasteiger partial charge in [-0.05, 0) is 30.9 Å². The summed E-state index contributed by atoms with van der Waals surface area (Å²) in [4.78, 5) is 15.9. The Morgan fingerprint density at radius 1 is 1.10 bits per heavy atom. The number of rotatable bonds is 6. The third-order valence-corrected chi connectivity index (χ3v) is 6.42. The normalized spacial score (nSPS) is 20.8. The molecule has 2 fully saturated rings. The first-order valence-electron chi connectivity index (χ1n) is 11.0. The molecule has 0 bridgehead atoms. The van der Waals surface area contributed by atoms with E-state index < -0.39 is 0 Å². The van der Waals surface area contributed by atoms with E-state index in [4.69, 9.17) is 4.74 Å². The van der Waals surface area contributed by atoms with Crippen molar-refractivity contribution >= 4 is 11.4 Å². The van der Waals surface area contributed by atoms with Crippen LogP contribution in [0.3, 0.4) is 0 Å². The van der Waals surface area contributed by atoms with E-state index in [0.717, 1.165) is 30.8 Å². The van der Waals surface area contributed by atoms with Gasteiger partial charge in [0.2, 0.25) is 0 Å². The Morgan fingerprint density at radius 3 is 2.60 bits per heavy atom. The van der Waals surface area contributed by atoms with Crippen molar-refractivity contribution in [2.45, 2.75) is 57.3 Å². The van der Waals surface area contributed by atoms with Crippen LogP contribution in [0.5, 0.6) is 0 Å². The quantitative estimate of drug-likeness (QED) is 0.480. The van der Waals surface area contributed by atoms with Crippen LogP contribution in [0, 0.1) is 10.1 Å². The van der Waals surface area contributed by atoms with E-state index in [2.05, 4.69) is 29.0 Å². The van der Waals surface area contributed by atoms with Gasteiger partial charge in [0.25, 0.3) is 5.69 Å². The molecule has 2 aromatic rings. The van der Waals surface area contributed by atoms with Crippen molar-refractivity contribution in [3.63, 3.8) is 0 Å². The molecule has 1 atom stereocenters. The van der Waals surface area contributed by atoms with Crippen molar-refractivity contribution in [3.8, 4) is 0 Å². The fourth-order valence-electron chi connectivity index (χ4n) is 4.79. The summed E-state index contributed by atoms with van der Waals surface area (Å²) in [6.45, 7) is 2.35. The molecule has 6 heteroatoms. The zero-order chi connectivity index (χ0) is 20.9. The molecule has 1 heterocycles. The van der Waals surface area contributed by atoms with E-state index in [-0.39, 0.29) is 16.8 Å². The smallest absolute Gasteiger partial charge is 0.270 e. The third kappa shape index (κ3) is 4.65. The Kier molecular flexibility index (Phi) is 6.65. The van der Waals surface area contributed by atoms with Crippen LogP contribution < -0.4 is 4.90 Å². The molecule has 4 rings (SSSR count). The molecule has 1 saturated heterocycles. The molecule has 2 aliphatic rings. The molecule has 1 saturated carbocycles. The maximum absolute atomic E-state index is 11.5. The number of benzene rings is 2. The van der Waals surface area contributed by atoms with E-state index >= 15 is 0 Å². The minimum absolute atomic E-state index is 0.125. The van der Waals surface area contributed by atoms with Gasteiger partial charge in [-0.25, -0.2) is 0 Å². The molecule has 1 aliphatic heterocycles. The molecule has 0 aromatic heterocycles. The lowest BCUT2D eigenvalue weighted by Gasteiger charge is -2.39. The van der Waals surface area contributed by atoms with Crippen molar-refractivity contribution in [2.24, 2.45) is 0 Å². The van der Waals surface area contributed by atoms with E-state index in [9.17, 15) is 10.1 Å². The highest BCUT2D eigenvalue weighted by atomic mass is 16.6. The Labute approximate surface area is 178 Å². The number of nitrogens with zero attached hydrogens (tertiary/aromatic N) is 3. The molecule has 0 spiro atoms. The van der Waals surface area contributed by atoms with E-state index in [0.29, 0.717) is 12.6 Å². The predicted octanol–water partition coefficient (Wildman–Crippen LogP) is 5.28. The lowest BCUT2D eigenvalue weighted by Crippen LogP contribution is -2.39. The van der Waals surface area contributed by atoms with Crippen LogP contribution in [-0.4, -0.2) is 36.1 Å². The maximum Gasteiger partial charge on any atom is 0.270 e. The topological polar surface area (TPSA) is 58.9 Å². The van der Waals surface area contributed by atoms with Crippen LogP contribution in [-0.2, 0) is 11.3 Å². The van der Waals surface area contributed by atoms with Crippen LogP contribution >= 0.6 is 0 Å². The molecule has 0 N–H and O–H groups in total. The van der Waals surface area contributed by atoms with Crippen LogP contribution in [0.25, 0.3) is 0 Å². The molecule has 0 unspecified atom stereocenters. The van der Waals surface area contributed by atoms with Crippen LogP contribution in [0.4, 0.5) is 11.4 Å². The Hall–Kier alpha value is -2.44. The average Bonchev–Trinajstić information content (AvgIpc) is 2.80. The van der Waals surface area contributed by atoms with Gasteiger partial charge in [-0.1, -0.05) is 49.6 Å². The molecule has 6 nitrogen and oxygen atoms in total. The van der Waals surface area contributed by atoms with Crippen LogP contribution in [0.15, 0.2) is 48.5 Å². The van der Waals surface area contributed by atoms with Crippen LogP contribution in [0.2, 0.25) is 0 Å². The Morgan fingerprint density at radius 2 is 1.87 bits per heavy atom. The fourth-order valence-corrected chi connectivity index (χ4v) is 4.79. The fraction of sp³-hybridized carbons (Fsp3) is 0.500. The lowest BCUT2D eigenvalue weighted by atomic mass is 9.93. The van der Waals surface area contributed by atoms with Crippen LogP contribution in [0.1, 0.15) is 55.9 Å². The second-order valence-electron chi connectivity index (χ2n) is 8.44. The highest BCUT2D eigenvalue weighted by Crippen LogP contribution is 2.38. The summed E-state index contributed by atoms with van der Waals surface area (Å²) in [7, 11) is 2.13. The van der Waals surface area contributed by atoms with Gasteiger partial charge < -0.3 is 9.64 Å². The Bertz CT molecular complexity index is 852. The number of non-ortho nitro benzene ring substituents is 1. The number of hydrogen-bond acceptors (Lipinski definition) is 5.